The SMILES string of the molecule is CC1CC1c1ccc(CN(C(=O)c2ccn(-c3cccc([N+](=O)[O-])c3)n2)C2CC2)o1. The van der Waals surface area contributed by atoms with Gasteiger partial charge in [0.05, 0.1) is 17.2 Å². The molecule has 2 atom stereocenters. The quantitative estimate of drug-likeness (QED) is 0.431. The minimum atomic E-state index is -0.451. The number of amides is 1. The molecular formula is C22H22N4O4. The number of carbonyl (C=O) groups is 1. The molecule has 1 amide bonds. The average Bonchev–Trinajstić information content (AvgIpc) is 3.61. The third-order valence-corrected chi connectivity index (χ3v) is 5.85. The summed E-state index contributed by atoms with van der Waals surface area (Å²) in [5, 5.41) is 15.4. The van der Waals surface area contributed by atoms with Crippen LogP contribution in [0.15, 0.2) is 53.1 Å². The van der Waals surface area contributed by atoms with Crippen molar-refractivity contribution in [1.82, 2.24) is 14.7 Å². The van der Waals surface area contributed by atoms with Crippen molar-refractivity contribution in [3.8, 4) is 5.69 Å². The van der Waals surface area contributed by atoms with Gasteiger partial charge in [-0.2, -0.15) is 5.10 Å². The van der Waals surface area contributed by atoms with Crippen LogP contribution in [-0.4, -0.2) is 31.6 Å². The van der Waals surface area contributed by atoms with Gasteiger partial charge in [0.1, 0.15) is 11.5 Å². The van der Waals surface area contributed by atoms with Crippen LogP contribution in [0.3, 0.4) is 0 Å². The van der Waals surface area contributed by atoms with Crippen molar-refractivity contribution in [3.05, 3.63) is 76.0 Å². The Morgan fingerprint density at radius 1 is 1.30 bits per heavy atom. The van der Waals surface area contributed by atoms with E-state index in [4.69, 9.17) is 4.42 Å². The van der Waals surface area contributed by atoms with E-state index in [2.05, 4.69) is 12.0 Å². The van der Waals surface area contributed by atoms with Gasteiger partial charge in [0.25, 0.3) is 11.6 Å². The van der Waals surface area contributed by atoms with Crippen LogP contribution in [-0.2, 0) is 6.54 Å². The highest BCUT2D eigenvalue weighted by Crippen LogP contribution is 2.47. The van der Waals surface area contributed by atoms with E-state index < -0.39 is 4.92 Å². The summed E-state index contributed by atoms with van der Waals surface area (Å²) < 4.78 is 7.49. The maximum atomic E-state index is 13.2. The van der Waals surface area contributed by atoms with E-state index in [0.29, 0.717) is 29.8 Å². The lowest BCUT2D eigenvalue weighted by atomic mass is 10.3. The highest BCUT2D eigenvalue weighted by Gasteiger charge is 2.38. The largest absolute Gasteiger partial charge is 0.464 e. The summed E-state index contributed by atoms with van der Waals surface area (Å²) in [6, 6.07) is 12.0. The first-order chi connectivity index (χ1) is 14.5. The van der Waals surface area contributed by atoms with Crippen LogP contribution in [0.5, 0.6) is 0 Å². The van der Waals surface area contributed by atoms with Crippen molar-refractivity contribution in [1.29, 1.82) is 0 Å². The first-order valence-electron chi connectivity index (χ1n) is 10.2. The Bertz CT molecular complexity index is 1110. The molecular weight excluding hydrogens is 384 g/mol. The number of rotatable bonds is 7. The van der Waals surface area contributed by atoms with Crippen molar-refractivity contribution in [2.24, 2.45) is 5.92 Å². The van der Waals surface area contributed by atoms with Crippen molar-refractivity contribution in [2.75, 3.05) is 0 Å². The normalized spacial score (nSPS) is 20.2. The summed E-state index contributed by atoms with van der Waals surface area (Å²) in [6.45, 7) is 2.64. The highest BCUT2D eigenvalue weighted by molar-refractivity contribution is 5.92. The Morgan fingerprint density at radius 3 is 2.80 bits per heavy atom. The molecule has 0 saturated heterocycles. The number of benzene rings is 1. The van der Waals surface area contributed by atoms with E-state index in [1.54, 1.807) is 24.4 Å². The molecule has 8 heteroatoms. The summed E-state index contributed by atoms with van der Waals surface area (Å²) in [7, 11) is 0. The second-order valence-electron chi connectivity index (χ2n) is 8.21. The number of hydrogen-bond donors (Lipinski definition) is 0. The summed E-state index contributed by atoms with van der Waals surface area (Å²) >= 11 is 0. The van der Waals surface area contributed by atoms with Gasteiger partial charge in [-0.15, -0.1) is 0 Å². The maximum Gasteiger partial charge on any atom is 0.275 e. The van der Waals surface area contributed by atoms with Gasteiger partial charge in [-0.25, -0.2) is 4.68 Å². The third kappa shape index (κ3) is 3.60. The van der Waals surface area contributed by atoms with E-state index in [9.17, 15) is 14.9 Å². The van der Waals surface area contributed by atoms with Crippen molar-refractivity contribution in [3.63, 3.8) is 0 Å². The van der Waals surface area contributed by atoms with Crippen LogP contribution < -0.4 is 0 Å². The van der Waals surface area contributed by atoms with Gasteiger partial charge < -0.3 is 9.32 Å². The fourth-order valence-corrected chi connectivity index (χ4v) is 3.80. The lowest BCUT2D eigenvalue weighted by molar-refractivity contribution is -0.384. The van der Waals surface area contributed by atoms with Crippen LogP contribution in [0, 0.1) is 16.0 Å². The van der Waals surface area contributed by atoms with Gasteiger partial charge in [0, 0.05) is 30.3 Å². The van der Waals surface area contributed by atoms with Crippen LogP contribution in [0.4, 0.5) is 5.69 Å². The first kappa shape index (κ1) is 18.6. The molecule has 0 N–H and O–H groups in total. The number of hydrogen-bond acceptors (Lipinski definition) is 5. The molecule has 154 valence electrons. The second-order valence-corrected chi connectivity index (χ2v) is 8.21. The molecule has 2 fully saturated rings. The smallest absolute Gasteiger partial charge is 0.275 e. The van der Waals surface area contributed by atoms with E-state index in [1.165, 1.54) is 16.8 Å². The van der Waals surface area contributed by atoms with Gasteiger partial charge in [-0.1, -0.05) is 13.0 Å². The molecule has 1 aromatic carbocycles. The van der Waals surface area contributed by atoms with Gasteiger partial charge in [-0.05, 0) is 49.4 Å². The average molecular weight is 406 g/mol. The Kier molecular flexibility index (Phi) is 4.42. The summed E-state index contributed by atoms with van der Waals surface area (Å²) in [5.41, 5.74) is 0.834. The van der Waals surface area contributed by atoms with Crippen molar-refractivity contribution < 1.29 is 14.1 Å². The van der Waals surface area contributed by atoms with E-state index in [0.717, 1.165) is 30.8 Å². The lowest BCUT2D eigenvalue weighted by Crippen LogP contribution is -2.32. The molecule has 0 radical (unpaired) electrons. The number of nitrogens with zero attached hydrogens (tertiary/aromatic N) is 4. The fraction of sp³-hybridized carbons (Fsp3) is 0.364. The second kappa shape index (κ2) is 7.12. The minimum Gasteiger partial charge on any atom is -0.464 e. The zero-order valence-corrected chi connectivity index (χ0v) is 16.6. The topological polar surface area (TPSA) is 94.4 Å². The van der Waals surface area contributed by atoms with Crippen LogP contribution >= 0.6 is 0 Å². The third-order valence-electron chi connectivity index (χ3n) is 5.85. The van der Waals surface area contributed by atoms with Crippen molar-refractivity contribution >= 4 is 11.6 Å². The first-order valence-corrected chi connectivity index (χ1v) is 10.2. The molecule has 2 heterocycles. The Hall–Kier alpha value is -3.42. The van der Waals surface area contributed by atoms with Gasteiger partial charge >= 0.3 is 0 Å². The summed E-state index contributed by atoms with van der Waals surface area (Å²) in [6.07, 6.45) is 4.76. The molecule has 0 bridgehead atoms. The Morgan fingerprint density at radius 2 is 2.10 bits per heavy atom. The number of carbonyl (C=O) groups excluding carboxylic acids is 1. The van der Waals surface area contributed by atoms with Crippen LogP contribution in [0.1, 0.15) is 54.1 Å². The van der Waals surface area contributed by atoms with E-state index in [1.807, 2.05) is 17.0 Å². The van der Waals surface area contributed by atoms with E-state index in [-0.39, 0.29) is 17.6 Å². The molecule has 0 spiro atoms. The molecule has 2 aliphatic carbocycles. The number of aromatic nitrogens is 2. The monoisotopic (exact) mass is 406 g/mol. The molecule has 30 heavy (non-hydrogen) atoms. The lowest BCUT2D eigenvalue weighted by Gasteiger charge is -2.20. The maximum absolute atomic E-state index is 13.2. The van der Waals surface area contributed by atoms with Crippen molar-refractivity contribution in [2.45, 2.75) is 44.7 Å². The molecule has 3 aromatic rings. The van der Waals surface area contributed by atoms with E-state index >= 15 is 0 Å². The number of furan rings is 1. The molecule has 2 unspecified atom stereocenters. The Balaban J connectivity index is 1.34. The predicted molar refractivity (Wildman–Crippen MR) is 108 cm³/mol. The molecule has 2 aromatic heterocycles. The van der Waals surface area contributed by atoms with Gasteiger partial charge in [0.2, 0.25) is 0 Å². The number of non-ortho nitro benzene ring substituents is 1. The van der Waals surface area contributed by atoms with Crippen LogP contribution in [0.2, 0.25) is 0 Å². The standard InChI is InChI=1S/C22H22N4O4/c1-14-11-19(14)21-8-7-18(30-21)13-24(15-5-6-15)22(27)20-9-10-25(23-20)16-3-2-4-17(12-16)26(28)29/h2-4,7-10,12,14-15,19H,5-6,11,13H2,1H3. The number of nitro benzene ring substituents is 1. The summed E-state index contributed by atoms with van der Waals surface area (Å²) in [5.74, 6) is 2.83. The Labute approximate surface area is 173 Å². The summed E-state index contributed by atoms with van der Waals surface area (Å²) in [4.78, 5) is 25.5. The number of nitro groups is 1. The molecule has 2 saturated carbocycles. The van der Waals surface area contributed by atoms with Gasteiger partial charge in [0.15, 0.2) is 5.69 Å². The molecule has 0 aliphatic heterocycles. The minimum absolute atomic E-state index is 0.0194. The zero-order chi connectivity index (χ0) is 20.8. The molecule has 5 rings (SSSR count). The fourth-order valence-electron chi connectivity index (χ4n) is 3.80. The molecule has 8 nitrogen and oxygen atoms in total. The predicted octanol–water partition coefficient (Wildman–Crippen LogP) is 4.30. The zero-order valence-electron chi connectivity index (χ0n) is 16.6. The van der Waals surface area contributed by atoms with Crippen LogP contribution in [0.25, 0.3) is 5.69 Å². The van der Waals surface area contributed by atoms with Gasteiger partial charge in [-0.3, -0.25) is 14.9 Å². The molecule has 2 aliphatic rings. The highest BCUT2D eigenvalue weighted by atomic mass is 16.6.